The van der Waals surface area contributed by atoms with Crippen molar-refractivity contribution in [2.24, 2.45) is 0 Å². The number of nitrogens with one attached hydrogen (secondary N) is 2. The molecular formula is C15H18N2O4. The zero-order chi connectivity index (χ0) is 15.7. The first-order valence-electron chi connectivity index (χ1n) is 6.44. The molecule has 6 nitrogen and oxygen atoms in total. The van der Waals surface area contributed by atoms with Gasteiger partial charge in [0.1, 0.15) is 12.3 Å². The molecule has 0 aliphatic heterocycles. The van der Waals surface area contributed by atoms with Crippen molar-refractivity contribution in [2.75, 3.05) is 6.54 Å². The van der Waals surface area contributed by atoms with Gasteiger partial charge >= 0.3 is 5.97 Å². The first-order chi connectivity index (χ1) is 10.0. The van der Waals surface area contributed by atoms with E-state index in [0.29, 0.717) is 0 Å². The number of carbonyl (C=O) groups excluding carboxylic acids is 3. The monoisotopic (exact) mass is 290 g/mol. The summed E-state index contributed by atoms with van der Waals surface area (Å²) in [6.07, 6.45) is 1.44. The van der Waals surface area contributed by atoms with Crippen LogP contribution in [0.4, 0.5) is 0 Å². The highest BCUT2D eigenvalue weighted by Gasteiger charge is 2.13. The van der Waals surface area contributed by atoms with Gasteiger partial charge in [-0.25, -0.2) is 4.79 Å². The van der Waals surface area contributed by atoms with Crippen molar-refractivity contribution < 1.29 is 19.1 Å². The van der Waals surface area contributed by atoms with Crippen LogP contribution in [0.1, 0.15) is 19.4 Å². The Morgan fingerprint density at radius 1 is 1.19 bits per heavy atom. The molecule has 0 saturated carbocycles. The third kappa shape index (κ3) is 6.38. The highest BCUT2D eigenvalue weighted by atomic mass is 16.5. The molecule has 21 heavy (non-hydrogen) atoms. The van der Waals surface area contributed by atoms with Crippen molar-refractivity contribution in [1.29, 1.82) is 0 Å². The first-order valence-corrected chi connectivity index (χ1v) is 6.44. The summed E-state index contributed by atoms with van der Waals surface area (Å²) >= 11 is 0. The summed E-state index contributed by atoms with van der Waals surface area (Å²) in [4.78, 5) is 34.0. The van der Waals surface area contributed by atoms with Crippen LogP contribution in [-0.2, 0) is 25.7 Å². The number of esters is 1. The van der Waals surface area contributed by atoms with E-state index in [9.17, 15) is 14.4 Å². The predicted molar refractivity (Wildman–Crippen MR) is 76.8 cm³/mol. The van der Waals surface area contributed by atoms with Crippen LogP contribution in [0.2, 0.25) is 0 Å². The molecule has 0 unspecified atom stereocenters. The second-order valence-corrected chi connectivity index (χ2v) is 4.22. The van der Waals surface area contributed by atoms with Gasteiger partial charge < -0.3 is 15.4 Å². The van der Waals surface area contributed by atoms with Gasteiger partial charge in [-0.2, -0.15) is 0 Å². The molecular weight excluding hydrogens is 272 g/mol. The standard InChI is InChI=1S/C15H18N2O4/c1-3-13(17-14(19)9-16-11(2)18)15(20)21-10-12-7-5-4-6-8-12/h3-8H,9-10H2,1-2H3,(H,16,18)(H,17,19)/b13-3-. The topological polar surface area (TPSA) is 84.5 Å². The molecule has 1 rings (SSSR count). The number of carbonyl (C=O) groups is 3. The van der Waals surface area contributed by atoms with E-state index in [1.165, 1.54) is 13.0 Å². The van der Waals surface area contributed by atoms with Crippen molar-refractivity contribution in [2.45, 2.75) is 20.5 Å². The predicted octanol–water partition coefficient (Wildman–Crippen LogP) is 0.886. The lowest BCUT2D eigenvalue weighted by Crippen LogP contribution is -2.37. The highest BCUT2D eigenvalue weighted by Crippen LogP contribution is 2.03. The molecule has 1 aromatic rings. The fourth-order valence-electron chi connectivity index (χ4n) is 1.44. The van der Waals surface area contributed by atoms with Gasteiger partial charge in [0.15, 0.2) is 0 Å². The van der Waals surface area contributed by atoms with Gasteiger partial charge in [0.25, 0.3) is 0 Å². The normalized spacial score (nSPS) is 10.7. The van der Waals surface area contributed by atoms with Crippen LogP contribution in [0, 0.1) is 0 Å². The first kappa shape index (κ1) is 16.4. The molecule has 2 amide bonds. The van der Waals surface area contributed by atoms with Crippen LogP contribution in [0.25, 0.3) is 0 Å². The third-order valence-electron chi connectivity index (χ3n) is 2.49. The van der Waals surface area contributed by atoms with Crippen LogP contribution in [0.3, 0.4) is 0 Å². The van der Waals surface area contributed by atoms with Crippen molar-refractivity contribution in [3.63, 3.8) is 0 Å². The molecule has 112 valence electrons. The quantitative estimate of drug-likeness (QED) is 0.602. The van der Waals surface area contributed by atoms with Gasteiger partial charge in [0.2, 0.25) is 11.8 Å². The lowest BCUT2D eigenvalue weighted by Gasteiger charge is -2.10. The largest absolute Gasteiger partial charge is 0.456 e. The number of ether oxygens (including phenoxy) is 1. The van der Waals surface area contributed by atoms with E-state index in [0.717, 1.165) is 5.56 Å². The number of benzene rings is 1. The Bertz CT molecular complexity index is 538. The molecule has 0 atom stereocenters. The summed E-state index contributed by atoms with van der Waals surface area (Å²) in [5, 5.41) is 4.73. The minimum Gasteiger partial charge on any atom is -0.456 e. The Morgan fingerprint density at radius 2 is 1.86 bits per heavy atom. The minimum absolute atomic E-state index is 0.0429. The van der Waals surface area contributed by atoms with Gasteiger partial charge in [-0.1, -0.05) is 36.4 Å². The molecule has 0 bridgehead atoms. The molecule has 0 fully saturated rings. The summed E-state index contributed by atoms with van der Waals surface area (Å²) in [6, 6.07) is 9.21. The van der Waals surface area contributed by atoms with Crippen LogP contribution in [0.5, 0.6) is 0 Å². The van der Waals surface area contributed by atoms with Crippen LogP contribution in [0.15, 0.2) is 42.1 Å². The SMILES string of the molecule is C/C=C(\NC(=O)CNC(C)=O)C(=O)OCc1ccccc1. The van der Waals surface area contributed by atoms with Gasteiger partial charge in [0, 0.05) is 6.92 Å². The molecule has 0 spiro atoms. The second kappa shape index (κ2) is 8.52. The summed E-state index contributed by atoms with van der Waals surface area (Å²) in [7, 11) is 0. The fourth-order valence-corrected chi connectivity index (χ4v) is 1.44. The molecule has 0 aliphatic rings. The van der Waals surface area contributed by atoms with E-state index in [-0.39, 0.29) is 24.8 Å². The number of hydrogen-bond donors (Lipinski definition) is 2. The van der Waals surface area contributed by atoms with E-state index >= 15 is 0 Å². The average molecular weight is 290 g/mol. The Morgan fingerprint density at radius 3 is 2.43 bits per heavy atom. The van der Waals surface area contributed by atoms with E-state index in [4.69, 9.17) is 4.74 Å². The Labute approximate surface area is 123 Å². The molecule has 0 heterocycles. The summed E-state index contributed by atoms with van der Waals surface area (Å²) in [6.45, 7) is 2.84. The lowest BCUT2D eigenvalue weighted by atomic mass is 10.2. The molecule has 6 heteroatoms. The van der Waals surface area contributed by atoms with E-state index in [1.54, 1.807) is 6.92 Å². The van der Waals surface area contributed by atoms with Crippen molar-refractivity contribution in [3.8, 4) is 0 Å². The van der Waals surface area contributed by atoms with Crippen LogP contribution in [-0.4, -0.2) is 24.3 Å². The van der Waals surface area contributed by atoms with Gasteiger partial charge in [-0.15, -0.1) is 0 Å². The fraction of sp³-hybridized carbons (Fsp3) is 0.267. The van der Waals surface area contributed by atoms with Crippen molar-refractivity contribution in [3.05, 3.63) is 47.7 Å². The second-order valence-electron chi connectivity index (χ2n) is 4.22. The number of amides is 2. The molecule has 0 aliphatic carbocycles. The van der Waals surface area contributed by atoms with E-state index in [1.807, 2.05) is 30.3 Å². The summed E-state index contributed by atoms with van der Waals surface area (Å²) in [5.74, 6) is -1.44. The lowest BCUT2D eigenvalue weighted by molar-refractivity contribution is -0.141. The zero-order valence-electron chi connectivity index (χ0n) is 12.0. The Hall–Kier alpha value is -2.63. The summed E-state index contributed by atoms with van der Waals surface area (Å²) < 4.78 is 5.10. The van der Waals surface area contributed by atoms with Crippen LogP contribution >= 0.6 is 0 Å². The van der Waals surface area contributed by atoms with Crippen molar-refractivity contribution >= 4 is 17.8 Å². The Kier molecular flexibility index (Phi) is 6.67. The minimum atomic E-state index is -0.627. The van der Waals surface area contributed by atoms with Crippen LogP contribution < -0.4 is 10.6 Å². The number of rotatable bonds is 6. The van der Waals surface area contributed by atoms with Crippen molar-refractivity contribution in [1.82, 2.24) is 10.6 Å². The number of hydrogen-bond acceptors (Lipinski definition) is 4. The van der Waals surface area contributed by atoms with E-state index in [2.05, 4.69) is 10.6 Å². The smallest absolute Gasteiger partial charge is 0.354 e. The molecule has 2 N–H and O–H groups in total. The van der Waals surface area contributed by atoms with Gasteiger partial charge in [-0.05, 0) is 12.5 Å². The maximum absolute atomic E-state index is 11.8. The van der Waals surface area contributed by atoms with E-state index < -0.39 is 11.9 Å². The number of allylic oxidation sites excluding steroid dienone is 1. The van der Waals surface area contributed by atoms with Gasteiger partial charge in [-0.3, -0.25) is 9.59 Å². The molecule has 1 aromatic carbocycles. The highest BCUT2D eigenvalue weighted by molar-refractivity contribution is 5.95. The Balaban J connectivity index is 2.46. The van der Waals surface area contributed by atoms with Gasteiger partial charge in [0.05, 0.1) is 6.54 Å². The molecule has 0 aromatic heterocycles. The molecule has 0 saturated heterocycles. The maximum Gasteiger partial charge on any atom is 0.354 e. The summed E-state index contributed by atoms with van der Waals surface area (Å²) in [5.41, 5.74) is 0.896. The third-order valence-corrected chi connectivity index (χ3v) is 2.49. The average Bonchev–Trinajstić information content (AvgIpc) is 2.49. The zero-order valence-corrected chi connectivity index (χ0v) is 12.0. The molecule has 0 radical (unpaired) electrons. The maximum atomic E-state index is 11.8.